The van der Waals surface area contributed by atoms with Gasteiger partial charge in [0.15, 0.2) is 0 Å². The number of hydrogen-bond acceptors (Lipinski definition) is 9. The molecule has 9 aromatic carbocycles. The van der Waals surface area contributed by atoms with E-state index in [1.165, 1.54) is 131 Å². The first kappa shape index (κ1) is 79.2. The third-order valence-corrected chi connectivity index (χ3v) is 24.0. The van der Waals surface area contributed by atoms with Gasteiger partial charge < -0.3 is 30.0 Å². The van der Waals surface area contributed by atoms with Gasteiger partial charge in [-0.15, -0.1) is 0 Å². The number of aliphatic carboxylic acids is 3. The zero-order chi connectivity index (χ0) is 82.2. The Hall–Kier alpha value is -12.6. The summed E-state index contributed by atoms with van der Waals surface area (Å²) < 4.78 is 62.4. The quantitative estimate of drug-likeness (QED) is 0.0459. The summed E-state index contributed by atoms with van der Waals surface area (Å²) in [5.74, 6) is -2.48. The standard InChI is InChI=1S/C34H35N3O2.C33H31F2N3O2.C32H29F2N3O2/c1-4-36-21-30(20-35-36)28-12-14-31-29(19-28)18-23(3)37(32-15-13-27(17-22(32)2)25-10-11-25)34(31)26-8-5-24(6-9-26)7-16-33(38)39;1-3-37-19-26(18-36-37)24-9-12-28-25(17-24)14-20(2)38(27-10-7-23(8-11-27)22-5-6-22)33(28)32-29(34)15-21(16-30(32)35)4-13-31(39)40;1-20-16-26-17-25(27-18-35-36(19-27)32(33)34)11-14-29(26)31(24-5-2-21(3-6-24)4-15-30(38)39)37(20)28-12-9-23(10-13-28)22-7-8-22/h5-9,12-17,19-21,23,25,34H,4,10-11,18H2,1-3H3,(H,38,39);4,7-13,15-20,22,33H,3,5-6,14H2,1-2H3,(H,39,40);2-6,9-15,17-20,22,31-32H,7-8,16H2,1H3,(H,38,39)/b16-7+;13-4+;15-4+/t23-,34-;;/m1../s1. The molecule has 0 saturated heterocycles. The maximum Gasteiger partial charge on any atom is 0.333 e. The van der Waals surface area contributed by atoms with Crippen LogP contribution in [0.2, 0.25) is 0 Å². The van der Waals surface area contributed by atoms with Gasteiger partial charge in [-0.25, -0.2) is 27.8 Å². The molecule has 6 aliphatic rings. The Morgan fingerprint density at radius 2 is 0.780 bits per heavy atom. The maximum atomic E-state index is 15.8. The number of alkyl halides is 2. The molecule has 0 spiro atoms. The molecule has 6 heterocycles. The average molecular weight is 1580 g/mol. The van der Waals surface area contributed by atoms with Crippen molar-refractivity contribution in [3.8, 4) is 33.4 Å². The number of hydrogen-bond donors (Lipinski definition) is 3. The highest BCUT2D eigenvalue weighted by Crippen LogP contribution is 2.50. The van der Waals surface area contributed by atoms with Crippen LogP contribution >= 0.6 is 0 Å². The van der Waals surface area contributed by atoms with Crippen LogP contribution in [0.5, 0.6) is 0 Å². The van der Waals surface area contributed by atoms with Crippen molar-refractivity contribution in [2.75, 3.05) is 14.7 Å². The third-order valence-electron chi connectivity index (χ3n) is 24.0. The van der Waals surface area contributed by atoms with Crippen LogP contribution in [0.1, 0.15) is 205 Å². The highest BCUT2D eigenvalue weighted by molar-refractivity contribution is 5.87. The molecule has 3 aliphatic heterocycles. The first-order valence-electron chi connectivity index (χ1n) is 40.9. The van der Waals surface area contributed by atoms with Crippen molar-refractivity contribution in [2.24, 2.45) is 0 Å². The lowest BCUT2D eigenvalue weighted by Gasteiger charge is -2.45. The van der Waals surface area contributed by atoms with E-state index in [1.54, 1.807) is 12.2 Å². The topological polar surface area (TPSA) is 175 Å². The summed E-state index contributed by atoms with van der Waals surface area (Å²) in [6.07, 6.45) is 28.4. The highest BCUT2D eigenvalue weighted by atomic mass is 19.3. The number of halogens is 4. The summed E-state index contributed by atoms with van der Waals surface area (Å²) >= 11 is 0. The zero-order valence-electron chi connectivity index (χ0n) is 66.9. The molecule has 3 fully saturated rings. The molecule has 15 nitrogen and oxygen atoms in total. The van der Waals surface area contributed by atoms with Crippen LogP contribution in [0.3, 0.4) is 0 Å². The van der Waals surface area contributed by atoms with E-state index >= 15 is 8.78 Å². The molecule has 6 atom stereocenters. The minimum Gasteiger partial charge on any atom is -0.478 e. The Morgan fingerprint density at radius 3 is 1.17 bits per heavy atom. The van der Waals surface area contributed by atoms with E-state index in [2.05, 4.69) is 198 Å². The van der Waals surface area contributed by atoms with E-state index in [1.807, 2.05) is 77.3 Å². The van der Waals surface area contributed by atoms with E-state index < -0.39 is 42.1 Å². The number of carboxylic acids is 3. The molecule has 3 N–H and O–H groups in total. The molecule has 3 aliphatic carbocycles. The number of anilines is 3. The molecular weight excluding hydrogens is 1490 g/mol. The van der Waals surface area contributed by atoms with Gasteiger partial charge in [-0.3, -0.25) is 9.36 Å². The van der Waals surface area contributed by atoms with Crippen LogP contribution in [-0.2, 0) is 46.7 Å². The Morgan fingerprint density at radius 1 is 0.415 bits per heavy atom. The Bertz CT molecular complexity index is 5770. The van der Waals surface area contributed by atoms with Crippen LogP contribution in [0.25, 0.3) is 51.6 Å². The summed E-state index contributed by atoms with van der Waals surface area (Å²) in [7, 11) is 0. The molecule has 18 rings (SSSR count). The normalized spacial score (nSPS) is 18.9. The van der Waals surface area contributed by atoms with Crippen molar-refractivity contribution in [3.63, 3.8) is 0 Å². The molecule has 118 heavy (non-hydrogen) atoms. The van der Waals surface area contributed by atoms with Gasteiger partial charge >= 0.3 is 24.5 Å². The lowest BCUT2D eigenvalue weighted by molar-refractivity contribution is -0.132. The van der Waals surface area contributed by atoms with Crippen molar-refractivity contribution in [2.45, 2.75) is 173 Å². The number of nitrogens with zero attached hydrogens (tertiary/aromatic N) is 9. The number of carbonyl (C=O) groups is 3. The Balaban J connectivity index is 0.000000132. The second-order valence-electron chi connectivity index (χ2n) is 32.3. The van der Waals surface area contributed by atoms with Gasteiger partial charge in [0.2, 0.25) is 0 Å². The van der Waals surface area contributed by atoms with Crippen molar-refractivity contribution in [1.29, 1.82) is 0 Å². The van der Waals surface area contributed by atoms with E-state index in [9.17, 15) is 23.2 Å². The Kier molecular flexibility index (Phi) is 22.8. The monoisotopic (exact) mass is 1580 g/mol. The molecule has 0 amide bonds. The summed E-state index contributed by atoms with van der Waals surface area (Å²) in [6.45, 7) is 12.0. The number of aromatic nitrogens is 6. The largest absolute Gasteiger partial charge is 0.478 e. The van der Waals surface area contributed by atoms with Crippen LogP contribution in [0, 0.1) is 18.6 Å². The van der Waals surface area contributed by atoms with Gasteiger partial charge in [-0.1, -0.05) is 140 Å². The fraction of sp³-hybridized carbons (Fsp3) is 0.273. The number of rotatable bonds is 21. The summed E-state index contributed by atoms with van der Waals surface area (Å²) in [6, 6.07) is 62.0. The predicted molar refractivity (Wildman–Crippen MR) is 457 cm³/mol. The molecule has 19 heteroatoms. The molecule has 0 radical (unpaired) electrons. The fourth-order valence-corrected chi connectivity index (χ4v) is 17.6. The molecule has 4 unspecified atom stereocenters. The molecule has 600 valence electrons. The van der Waals surface area contributed by atoms with E-state index in [0.717, 1.165) is 111 Å². The molecule has 3 aromatic heterocycles. The van der Waals surface area contributed by atoms with E-state index in [4.69, 9.17) is 15.3 Å². The SMILES string of the molecule is CC1Cc2cc(-c3cnn(C(F)F)c3)ccc2C(c2ccc(/C=C/C(=O)O)cc2)N1c1ccc(C2CC2)cc1.CCn1cc(-c2ccc3c(c2)CC(C)N(c2ccc(C4CC4)cc2)C3c2c(F)cc(/C=C/C(=O)O)cc2F)cn1.CCn1cc(-c2ccc3c(c2)C[C@@H](C)N(c2ccc(C4CC4)cc2C)[C@@H]3c2ccc(/C=C/C(=O)O)cc2)cn1. The lowest BCUT2D eigenvalue weighted by atomic mass is 9.82. The van der Waals surface area contributed by atoms with Gasteiger partial charge in [-0.05, 0) is 278 Å². The summed E-state index contributed by atoms with van der Waals surface area (Å²) in [5, 5.41) is 39.7. The van der Waals surface area contributed by atoms with Crippen LogP contribution < -0.4 is 14.7 Å². The first-order valence-corrected chi connectivity index (χ1v) is 40.9. The first-order chi connectivity index (χ1) is 57.1. The van der Waals surface area contributed by atoms with Gasteiger partial charge in [0.1, 0.15) is 11.6 Å². The fourth-order valence-electron chi connectivity index (χ4n) is 17.6. The Labute approximate surface area is 685 Å². The van der Waals surface area contributed by atoms with Gasteiger partial charge in [0, 0.05) is 102 Å². The van der Waals surface area contributed by atoms with Crippen molar-refractivity contribution < 1.29 is 47.3 Å². The van der Waals surface area contributed by atoms with Gasteiger partial charge in [0.25, 0.3) is 0 Å². The summed E-state index contributed by atoms with van der Waals surface area (Å²) in [5.41, 5.74) is 25.7. The number of benzene rings is 9. The smallest absolute Gasteiger partial charge is 0.333 e. The number of aryl methyl sites for hydroxylation is 3. The van der Waals surface area contributed by atoms with Crippen LogP contribution in [0.15, 0.2) is 237 Å². The van der Waals surface area contributed by atoms with Crippen LogP contribution in [-0.4, -0.2) is 80.7 Å². The lowest BCUT2D eigenvalue weighted by Crippen LogP contribution is -2.43. The third kappa shape index (κ3) is 17.3. The molecule has 12 aromatic rings. The minimum atomic E-state index is -2.67. The average Bonchev–Trinajstić information content (AvgIpc) is 0.785. The zero-order valence-corrected chi connectivity index (χ0v) is 66.9. The van der Waals surface area contributed by atoms with Crippen LogP contribution in [0.4, 0.5) is 34.6 Å². The molecule has 3 saturated carbocycles. The molecule has 0 bridgehead atoms. The van der Waals surface area contributed by atoms with Gasteiger partial charge in [-0.2, -0.15) is 24.1 Å². The van der Waals surface area contributed by atoms with Crippen molar-refractivity contribution in [3.05, 3.63) is 338 Å². The minimum absolute atomic E-state index is 0.0386. The van der Waals surface area contributed by atoms with E-state index in [0.29, 0.717) is 34.5 Å². The van der Waals surface area contributed by atoms with E-state index in [-0.39, 0.29) is 35.3 Å². The van der Waals surface area contributed by atoms with Crippen molar-refractivity contribution in [1.82, 2.24) is 29.3 Å². The second kappa shape index (κ2) is 33.9. The number of fused-ring (bicyclic) bond motifs is 3. The predicted octanol–water partition coefficient (Wildman–Crippen LogP) is 22.2. The second-order valence-corrected chi connectivity index (χ2v) is 32.3. The molecular formula is C99H95F4N9O6. The highest BCUT2D eigenvalue weighted by Gasteiger charge is 2.40. The maximum absolute atomic E-state index is 15.8. The van der Waals surface area contributed by atoms with Crippen molar-refractivity contribution >= 4 is 53.2 Å². The van der Waals surface area contributed by atoms with Gasteiger partial charge in [0.05, 0.1) is 42.3 Å². The number of carboxylic acid groups (broad SMARTS) is 3. The summed E-state index contributed by atoms with van der Waals surface area (Å²) in [4.78, 5) is 40.1.